The fourth-order valence-electron chi connectivity index (χ4n) is 10.5. The third kappa shape index (κ3) is 6.18. The van der Waals surface area contributed by atoms with Crippen molar-refractivity contribution in [2.75, 3.05) is 4.90 Å². The second kappa shape index (κ2) is 15.5. The van der Waals surface area contributed by atoms with Gasteiger partial charge in [-0.1, -0.05) is 194 Å². The molecule has 0 bridgehead atoms. The Balaban J connectivity index is 0.937. The standard InChI is InChI=1S/C64H42N2/c1-2-16-48(17-3-1)62-61-26-10-11-41-65(61)64-60-42-49(33-40-58(60)57-22-8-9-23-59(57)63(62)64)43-27-34-50(35-28-43)66(51-36-29-46(30-37-51)55-24-12-18-44-14-4-6-20-53(44)55)52-38-31-47(32-39-52)56-25-13-19-45-15-5-7-21-54(45)56/h1-42H. The number of pyridine rings is 1. The lowest BCUT2D eigenvalue weighted by Crippen LogP contribution is -2.09. The molecular formula is C64H42N2. The fraction of sp³-hybridized carbons (Fsp3) is 0. The van der Waals surface area contributed by atoms with E-state index in [0.717, 1.165) is 17.1 Å². The molecule has 11 aromatic carbocycles. The Morgan fingerprint density at radius 3 is 1.36 bits per heavy atom. The van der Waals surface area contributed by atoms with Gasteiger partial charge in [-0.15, -0.1) is 0 Å². The Bertz CT molecular complexity index is 3820. The van der Waals surface area contributed by atoms with Crippen LogP contribution in [0.5, 0.6) is 0 Å². The van der Waals surface area contributed by atoms with Crippen molar-refractivity contribution in [3.05, 3.63) is 255 Å². The first-order valence-corrected chi connectivity index (χ1v) is 22.7. The van der Waals surface area contributed by atoms with Crippen LogP contribution in [-0.4, -0.2) is 4.40 Å². The van der Waals surface area contributed by atoms with Crippen LogP contribution in [-0.2, 0) is 0 Å². The average molecular weight is 839 g/mol. The van der Waals surface area contributed by atoms with Crippen molar-refractivity contribution in [3.8, 4) is 44.5 Å². The van der Waals surface area contributed by atoms with Crippen LogP contribution in [0.4, 0.5) is 17.1 Å². The highest BCUT2D eigenvalue weighted by Gasteiger charge is 2.21. The minimum atomic E-state index is 1.09. The van der Waals surface area contributed by atoms with Gasteiger partial charge in [0.1, 0.15) is 0 Å². The molecule has 0 amide bonds. The van der Waals surface area contributed by atoms with E-state index < -0.39 is 0 Å². The highest BCUT2D eigenvalue weighted by molar-refractivity contribution is 6.30. The molecule has 0 atom stereocenters. The number of hydrogen-bond donors (Lipinski definition) is 0. The molecule has 66 heavy (non-hydrogen) atoms. The van der Waals surface area contributed by atoms with Crippen LogP contribution < -0.4 is 4.90 Å². The first kappa shape index (κ1) is 37.8. The van der Waals surface area contributed by atoms with Crippen LogP contribution in [0.25, 0.3) is 104 Å². The summed E-state index contributed by atoms with van der Waals surface area (Å²) in [6.45, 7) is 0. The first-order chi connectivity index (χ1) is 32.7. The molecule has 0 fully saturated rings. The summed E-state index contributed by atoms with van der Waals surface area (Å²) >= 11 is 0. The number of aromatic nitrogens is 1. The van der Waals surface area contributed by atoms with Gasteiger partial charge in [-0.3, -0.25) is 0 Å². The van der Waals surface area contributed by atoms with E-state index in [1.807, 2.05) is 0 Å². The van der Waals surface area contributed by atoms with Crippen molar-refractivity contribution in [3.63, 3.8) is 0 Å². The van der Waals surface area contributed by atoms with Crippen LogP contribution in [0, 0.1) is 0 Å². The molecule has 0 spiro atoms. The topological polar surface area (TPSA) is 7.65 Å². The Kier molecular flexibility index (Phi) is 8.89. The minimum Gasteiger partial charge on any atom is -0.315 e. The van der Waals surface area contributed by atoms with E-state index >= 15 is 0 Å². The maximum absolute atomic E-state index is 2.41. The summed E-state index contributed by atoms with van der Waals surface area (Å²) in [5, 5.41) is 11.3. The van der Waals surface area contributed by atoms with E-state index in [-0.39, 0.29) is 0 Å². The van der Waals surface area contributed by atoms with E-state index in [9.17, 15) is 0 Å². The Hall–Kier alpha value is -8.72. The summed E-state index contributed by atoms with van der Waals surface area (Å²) in [4.78, 5) is 2.37. The molecule has 2 heteroatoms. The summed E-state index contributed by atoms with van der Waals surface area (Å²) in [5.41, 5.74) is 15.4. The number of benzene rings is 11. The van der Waals surface area contributed by atoms with Crippen molar-refractivity contribution in [1.29, 1.82) is 0 Å². The van der Waals surface area contributed by atoms with Crippen LogP contribution in [0.3, 0.4) is 0 Å². The number of fused-ring (bicyclic) bond motifs is 10. The summed E-state index contributed by atoms with van der Waals surface area (Å²) < 4.78 is 2.40. The van der Waals surface area contributed by atoms with Crippen molar-refractivity contribution >= 4 is 76.6 Å². The second-order valence-electron chi connectivity index (χ2n) is 17.3. The summed E-state index contributed by atoms with van der Waals surface area (Å²) in [6, 6.07) is 90.9. The quantitative estimate of drug-likeness (QED) is 0.145. The monoisotopic (exact) mass is 838 g/mol. The molecule has 0 aliphatic heterocycles. The minimum absolute atomic E-state index is 1.09. The van der Waals surface area contributed by atoms with Crippen LogP contribution in [0.15, 0.2) is 255 Å². The summed E-state index contributed by atoms with van der Waals surface area (Å²) in [7, 11) is 0. The van der Waals surface area contributed by atoms with Crippen molar-refractivity contribution in [2.45, 2.75) is 0 Å². The molecule has 0 aliphatic carbocycles. The highest BCUT2D eigenvalue weighted by Crippen LogP contribution is 2.45. The van der Waals surface area contributed by atoms with Gasteiger partial charge in [-0.2, -0.15) is 0 Å². The lowest BCUT2D eigenvalue weighted by atomic mass is 9.92. The molecule has 2 nitrogen and oxygen atoms in total. The van der Waals surface area contributed by atoms with Crippen molar-refractivity contribution < 1.29 is 0 Å². The van der Waals surface area contributed by atoms with E-state index in [2.05, 4.69) is 264 Å². The van der Waals surface area contributed by atoms with Gasteiger partial charge >= 0.3 is 0 Å². The third-order valence-corrected chi connectivity index (χ3v) is 13.6. The first-order valence-electron chi connectivity index (χ1n) is 22.7. The van der Waals surface area contributed by atoms with Crippen LogP contribution >= 0.6 is 0 Å². The lowest BCUT2D eigenvalue weighted by Gasteiger charge is -2.26. The Labute approximate surface area is 383 Å². The van der Waals surface area contributed by atoms with Crippen molar-refractivity contribution in [2.24, 2.45) is 0 Å². The van der Waals surface area contributed by atoms with E-state index in [1.54, 1.807) is 0 Å². The molecule has 2 heterocycles. The van der Waals surface area contributed by atoms with Crippen LogP contribution in [0.2, 0.25) is 0 Å². The van der Waals surface area contributed by atoms with E-state index in [0.29, 0.717) is 0 Å². The normalized spacial score (nSPS) is 11.6. The molecule has 308 valence electrons. The maximum Gasteiger partial charge on any atom is 0.0620 e. The molecular weight excluding hydrogens is 797 g/mol. The number of anilines is 3. The largest absolute Gasteiger partial charge is 0.315 e. The molecule has 0 saturated carbocycles. The number of rotatable bonds is 7. The summed E-state index contributed by atoms with van der Waals surface area (Å²) in [6.07, 6.45) is 2.22. The van der Waals surface area contributed by atoms with Gasteiger partial charge in [0, 0.05) is 39.6 Å². The zero-order valence-electron chi connectivity index (χ0n) is 36.1. The van der Waals surface area contributed by atoms with Crippen LogP contribution in [0.1, 0.15) is 0 Å². The molecule has 0 radical (unpaired) electrons. The zero-order valence-corrected chi connectivity index (χ0v) is 36.1. The predicted molar refractivity (Wildman–Crippen MR) is 281 cm³/mol. The Morgan fingerprint density at radius 2 is 0.758 bits per heavy atom. The highest BCUT2D eigenvalue weighted by atomic mass is 15.1. The molecule has 0 unspecified atom stereocenters. The second-order valence-corrected chi connectivity index (χ2v) is 17.3. The van der Waals surface area contributed by atoms with Gasteiger partial charge in [-0.05, 0) is 131 Å². The predicted octanol–water partition coefficient (Wildman–Crippen LogP) is 17.8. The average Bonchev–Trinajstić information content (AvgIpc) is 3.75. The fourth-order valence-corrected chi connectivity index (χ4v) is 10.5. The Morgan fingerprint density at radius 1 is 0.288 bits per heavy atom. The molecule has 0 aliphatic rings. The number of nitrogens with zero attached hydrogens (tertiary/aromatic N) is 2. The van der Waals surface area contributed by atoms with Gasteiger partial charge in [0.15, 0.2) is 0 Å². The van der Waals surface area contributed by atoms with Gasteiger partial charge in [-0.25, -0.2) is 0 Å². The maximum atomic E-state index is 2.41. The lowest BCUT2D eigenvalue weighted by molar-refractivity contribution is 1.26. The SMILES string of the molecule is c1ccc(-c2c3c4ccccc4c4ccc(-c5ccc(N(c6ccc(-c7cccc8ccccc78)cc6)c6ccc(-c7cccc8ccccc78)cc6)cc5)cc4c3n3ccccc23)cc1. The van der Waals surface area contributed by atoms with Gasteiger partial charge in [0.25, 0.3) is 0 Å². The molecule has 0 saturated heterocycles. The van der Waals surface area contributed by atoms with Crippen molar-refractivity contribution in [1.82, 2.24) is 4.40 Å². The van der Waals surface area contributed by atoms with Gasteiger partial charge < -0.3 is 9.30 Å². The molecule has 2 aromatic heterocycles. The summed E-state index contributed by atoms with van der Waals surface area (Å²) in [5.74, 6) is 0. The number of hydrogen-bond acceptors (Lipinski definition) is 1. The third-order valence-electron chi connectivity index (χ3n) is 13.6. The van der Waals surface area contributed by atoms with Gasteiger partial charge in [0.2, 0.25) is 0 Å². The molecule has 0 N–H and O–H groups in total. The van der Waals surface area contributed by atoms with E-state index in [1.165, 1.54) is 104 Å². The zero-order chi connectivity index (χ0) is 43.6. The molecule has 13 rings (SSSR count). The molecule has 13 aromatic rings. The van der Waals surface area contributed by atoms with Gasteiger partial charge in [0.05, 0.1) is 11.0 Å². The smallest absolute Gasteiger partial charge is 0.0620 e. The van der Waals surface area contributed by atoms with E-state index in [4.69, 9.17) is 0 Å².